The van der Waals surface area contributed by atoms with Gasteiger partial charge >= 0.3 is 0 Å². The average Bonchev–Trinajstić information content (AvgIpc) is 3.06. The third-order valence-corrected chi connectivity index (χ3v) is 4.18. The van der Waals surface area contributed by atoms with Crippen LogP contribution < -0.4 is 5.32 Å². The van der Waals surface area contributed by atoms with Gasteiger partial charge in [0.25, 0.3) is 0 Å². The van der Waals surface area contributed by atoms with Crippen LogP contribution in [0.4, 0.5) is 5.82 Å². The van der Waals surface area contributed by atoms with Gasteiger partial charge in [0, 0.05) is 11.6 Å². The van der Waals surface area contributed by atoms with Gasteiger partial charge < -0.3 is 5.32 Å². The van der Waals surface area contributed by atoms with E-state index >= 15 is 0 Å². The molecule has 1 aromatic heterocycles. The van der Waals surface area contributed by atoms with Gasteiger partial charge in [-0.25, -0.2) is 4.68 Å². The van der Waals surface area contributed by atoms with Gasteiger partial charge in [-0.3, -0.25) is 9.69 Å². The fraction of sp³-hybridized carbons (Fsp3) is 0.200. The van der Waals surface area contributed by atoms with Crippen molar-refractivity contribution in [1.29, 1.82) is 0 Å². The Kier molecular flexibility index (Phi) is 4.95. The van der Waals surface area contributed by atoms with Crippen molar-refractivity contribution in [3.63, 3.8) is 0 Å². The van der Waals surface area contributed by atoms with Gasteiger partial charge in [0.1, 0.15) is 5.82 Å². The molecule has 0 radical (unpaired) electrons. The van der Waals surface area contributed by atoms with Crippen LogP contribution in [0.25, 0.3) is 16.9 Å². The highest BCUT2D eigenvalue weighted by atomic mass is 16.2. The van der Waals surface area contributed by atoms with E-state index in [0.717, 1.165) is 16.9 Å². The molecule has 5 nitrogen and oxygen atoms in total. The third kappa shape index (κ3) is 3.78. The molecule has 0 saturated carbocycles. The van der Waals surface area contributed by atoms with Crippen molar-refractivity contribution in [2.75, 3.05) is 19.4 Å². The van der Waals surface area contributed by atoms with E-state index in [1.54, 1.807) is 4.68 Å². The fourth-order valence-electron chi connectivity index (χ4n) is 2.45. The molecule has 0 aliphatic heterocycles. The first-order valence-corrected chi connectivity index (χ1v) is 8.24. The van der Waals surface area contributed by atoms with Crippen molar-refractivity contribution in [2.45, 2.75) is 13.0 Å². The molecule has 0 spiro atoms. The molecule has 3 rings (SSSR count). The number of aromatic nitrogens is 2. The van der Waals surface area contributed by atoms with Gasteiger partial charge in [0.2, 0.25) is 5.91 Å². The summed E-state index contributed by atoms with van der Waals surface area (Å²) >= 11 is 0. The smallest absolute Gasteiger partial charge is 0.242 e. The first kappa shape index (κ1) is 16.9. The SMILES string of the molecule is CC(C(=O)Nc1cc(-c2ccccc2)nn1-c1ccccc1)N(C)C. The molecule has 128 valence electrons. The van der Waals surface area contributed by atoms with Crippen molar-refractivity contribution in [3.05, 3.63) is 66.7 Å². The molecule has 0 fully saturated rings. The van der Waals surface area contributed by atoms with Crippen LogP contribution in [0.3, 0.4) is 0 Å². The van der Waals surface area contributed by atoms with Crippen molar-refractivity contribution in [1.82, 2.24) is 14.7 Å². The molecule has 1 unspecified atom stereocenters. The lowest BCUT2D eigenvalue weighted by molar-refractivity contribution is -0.119. The number of para-hydroxylation sites is 1. The van der Waals surface area contributed by atoms with E-state index in [4.69, 9.17) is 5.10 Å². The average molecular weight is 334 g/mol. The molecule has 0 aliphatic carbocycles. The second-order valence-electron chi connectivity index (χ2n) is 6.16. The summed E-state index contributed by atoms with van der Waals surface area (Å²) in [5.41, 5.74) is 2.73. The summed E-state index contributed by atoms with van der Waals surface area (Å²) in [5.74, 6) is 0.588. The number of hydrogen-bond donors (Lipinski definition) is 1. The third-order valence-electron chi connectivity index (χ3n) is 4.18. The zero-order valence-electron chi connectivity index (χ0n) is 14.7. The number of nitrogens with zero attached hydrogens (tertiary/aromatic N) is 3. The van der Waals surface area contributed by atoms with Crippen LogP contribution >= 0.6 is 0 Å². The lowest BCUT2D eigenvalue weighted by Gasteiger charge is -2.19. The maximum atomic E-state index is 12.5. The second kappa shape index (κ2) is 7.32. The first-order chi connectivity index (χ1) is 12.1. The molecule has 0 bridgehead atoms. The molecule has 25 heavy (non-hydrogen) atoms. The highest BCUT2D eigenvalue weighted by Gasteiger charge is 2.18. The van der Waals surface area contributed by atoms with E-state index in [0.29, 0.717) is 5.82 Å². The molecule has 5 heteroatoms. The van der Waals surface area contributed by atoms with E-state index in [1.807, 2.05) is 92.6 Å². The summed E-state index contributed by atoms with van der Waals surface area (Å²) in [4.78, 5) is 14.4. The van der Waals surface area contributed by atoms with Crippen molar-refractivity contribution in [2.24, 2.45) is 0 Å². The van der Waals surface area contributed by atoms with Crippen LogP contribution in [0.5, 0.6) is 0 Å². The maximum absolute atomic E-state index is 12.5. The van der Waals surface area contributed by atoms with Crippen LogP contribution in [-0.2, 0) is 4.79 Å². The predicted molar refractivity (Wildman–Crippen MR) is 101 cm³/mol. The van der Waals surface area contributed by atoms with E-state index in [-0.39, 0.29) is 11.9 Å². The van der Waals surface area contributed by atoms with Gasteiger partial charge in [0.05, 0.1) is 17.4 Å². The molecular weight excluding hydrogens is 312 g/mol. The van der Waals surface area contributed by atoms with Gasteiger partial charge in [-0.1, -0.05) is 48.5 Å². The van der Waals surface area contributed by atoms with Gasteiger partial charge in [-0.05, 0) is 33.2 Å². The van der Waals surface area contributed by atoms with E-state index < -0.39 is 0 Å². The summed E-state index contributed by atoms with van der Waals surface area (Å²) in [6.45, 7) is 1.87. The van der Waals surface area contributed by atoms with E-state index in [2.05, 4.69) is 5.32 Å². The monoisotopic (exact) mass is 334 g/mol. The van der Waals surface area contributed by atoms with Crippen LogP contribution in [0.2, 0.25) is 0 Å². The highest BCUT2D eigenvalue weighted by molar-refractivity contribution is 5.94. The Hall–Kier alpha value is -2.92. The zero-order valence-corrected chi connectivity index (χ0v) is 14.7. The first-order valence-electron chi connectivity index (χ1n) is 8.24. The minimum absolute atomic E-state index is 0.0679. The normalized spacial score (nSPS) is 12.2. The Labute approximate surface area is 147 Å². The number of nitrogens with one attached hydrogen (secondary N) is 1. The van der Waals surface area contributed by atoms with Crippen LogP contribution in [-0.4, -0.2) is 40.7 Å². The number of carbonyl (C=O) groups is 1. The molecule has 0 saturated heterocycles. The summed E-state index contributed by atoms with van der Waals surface area (Å²) in [6.07, 6.45) is 0. The van der Waals surface area contributed by atoms with Gasteiger partial charge in [-0.15, -0.1) is 0 Å². The summed E-state index contributed by atoms with van der Waals surface area (Å²) < 4.78 is 1.77. The molecule has 0 aliphatic rings. The lowest BCUT2D eigenvalue weighted by Crippen LogP contribution is -2.37. The molecular formula is C20H22N4O. The Morgan fingerprint density at radius 1 is 1.04 bits per heavy atom. The van der Waals surface area contributed by atoms with E-state index in [1.165, 1.54) is 0 Å². The Balaban J connectivity index is 2.00. The highest BCUT2D eigenvalue weighted by Crippen LogP contribution is 2.24. The molecule has 2 aromatic carbocycles. The number of amides is 1. The number of likely N-dealkylation sites (N-methyl/N-ethyl adjacent to an activating group) is 1. The molecule has 3 aromatic rings. The largest absolute Gasteiger partial charge is 0.309 e. The topological polar surface area (TPSA) is 50.2 Å². The van der Waals surface area contributed by atoms with E-state index in [9.17, 15) is 4.79 Å². The molecule has 1 N–H and O–H groups in total. The van der Waals surface area contributed by atoms with Gasteiger partial charge in [0.15, 0.2) is 0 Å². The fourth-order valence-corrected chi connectivity index (χ4v) is 2.45. The number of benzene rings is 2. The van der Waals surface area contributed by atoms with Gasteiger partial charge in [-0.2, -0.15) is 5.10 Å². The minimum atomic E-state index is -0.237. The molecule has 1 amide bonds. The van der Waals surface area contributed by atoms with Crippen LogP contribution in [0.15, 0.2) is 66.7 Å². The number of rotatable bonds is 5. The van der Waals surface area contributed by atoms with Crippen LogP contribution in [0, 0.1) is 0 Å². The number of anilines is 1. The summed E-state index contributed by atoms with van der Waals surface area (Å²) in [7, 11) is 3.77. The summed E-state index contributed by atoms with van der Waals surface area (Å²) in [5, 5.41) is 7.70. The van der Waals surface area contributed by atoms with Crippen molar-refractivity contribution < 1.29 is 4.79 Å². The Morgan fingerprint density at radius 3 is 2.24 bits per heavy atom. The standard InChI is InChI=1S/C20H22N4O/c1-15(23(2)3)20(25)21-19-14-18(16-10-6-4-7-11-16)22-24(19)17-12-8-5-9-13-17/h4-15H,1-3H3,(H,21,25). The lowest BCUT2D eigenvalue weighted by atomic mass is 10.1. The number of hydrogen-bond acceptors (Lipinski definition) is 3. The van der Waals surface area contributed by atoms with Crippen molar-refractivity contribution >= 4 is 11.7 Å². The predicted octanol–water partition coefficient (Wildman–Crippen LogP) is 3.43. The van der Waals surface area contributed by atoms with Crippen LogP contribution in [0.1, 0.15) is 6.92 Å². The molecule has 1 heterocycles. The minimum Gasteiger partial charge on any atom is -0.309 e. The molecule has 1 atom stereocenters. The Morgan fingerprint density at radius 2 is 1.64 bits per heavy atom. The maximum Gasteiger partial charge on any atom is 0.242 e. The summed E-state index contributed by atoms with van der Waals surface area (Å²) in [6, 6.07) is 21.4. The number of carbonyl (C=O) groups excluding carboxylic acids is 1. The van der Waals surface area contributed by atoms with Crippen molar-refractivity contribution in [3.8, 4) is 16.9 Å². The zero-order chi connectivity index (χ0) is 17.8. The quantitative estimate of drug-likeness (QED) is 0.778. The Bertz CT molecular complexity index is 841. The second-order valence-corrected chi connectivity index (χ2v) is 6.16.